The molecule has 9 heteroatoms. The molecule has 0 rings (SSSR count). The highest BCUT2D eigenvalue weighted by molar-refractivity contribution is 7.87. The zero-order chi connectivity index (χ0) is 12.3. The van der Waals surface area contributed by atoms with Crippen LogP contribution in [0, 0.1) is 0 Å². The predicted molar refractivity (Wildman–Crippen MR) is 40.8 cm³/mol. The molecular formula is C6H9F5O3S. The van der Waals surface area contributed by atoms with Gasteiger partial charge in [-0.05, 0) is 0 Å². The highest BCUT2D eigenvalue weighted by Crippen LogP contribution is 2.28. The molecule has 0 aliphatic rings. The van der Waals surface area contributed by atoms with E-state index in [2.05, 4.69) is 4.18 Å². The molecule has 0 aliphatic heterocycles. The van der Waals surface area contributed by atoms with Crippen molar-refractivity contribution in [3.63, 3.8) is 0 Å². The van der Waals surface area contributed by atoms with Crippen molar-refractivity contribution in [1.82, 2.24) is 0 Å². The highest BCUT2D eigenvalue weighted by Gasteiger charge is 2.48. The molecule has 0 aromatic carbocycles. The standard InChI is InChI=1S/C6H9F5O3S/c1-2-3-5(7,8)4-14-15(12,13)6(9,10)11/h2-4H2,1H3. The Morgan fingerprint density at radius 1 is 1.13 bits per heavy atom. The minimum Gasteiger partial charge on any atom is -0.257 e. The molecule has 0 saturated carbocycles. The predicted octanol–water partition coefficient (Wildman–Crippen LogP) is 2.29. The lowest BCUT2D eigenvalue weighted by atomic mass is 10.2. The van der Waals surface area contributed by atoms with Gasteiger partial charge >= 0.3 is 15.6 Å². The monoisotopic (exact) mass is 256 g/mol. The van der Waals surface area contributed by atoms with E-state index in [1.165, 1.54) is 6.92 Å². The third-order valence-electron chi connectivity index (χ3n) is 1.32. The molecule has 3 nitrogen and oxygen atoms in total. The van der Waals surface area contributed by atoms with Crippen LogP contribution < -0.4 is 0 Å². The van der Waals surface area contributed by atoms with Gasteiger partial charge in [-0.2, -0.15) is 21.6 Å². The van der Waals surface area contributed by atoms with E-state index >= 15 is 0 Å². The van der Waals surface area contributed by atoms with Gasteiger partial charge in [0.1, 0.15) is 6.61 Å². The van der Waals surface area contributed by atoms with Gasteiger partial charge in [0.05, 0.1) is 0 Å². The van der Waals surface area contributed by atoms with E-state index in [4.69, 9.17) is 0 Å². The van der Waals surface area contributed by atoms with Crippen molar-refractivity contribution >= 4 is 10.1 Å². The van der Waals surface area contributed by atoms with Crippen LogP contribution in [-0.2, 0) is 14.3 Å². The maximum absolute atomic E-state index is 12.6. The largest absolute Gasteiger partial charge is 0.523 e. The fourth-order valence-electron chi connectivity index (χ4n) is 0.669. The van der Waals surface area contributed by atoms with Crippen LogP contribution >= 0.6 is 0 Å². The summed E-state index contributed by atoms with van der Waals surface area (Å²) < 4.78 is 83.7. The molecule has 0 N–H and O–H groups in total. The molecule has 15 heavy (non-hydrogen) atoms. The molecule has 0 heterocycles. The summed E-state index contributed by atoms with van der Waals surface area (Å²) in [7, 11) is -5.93. The Labute approximate surface area is 83.3 Å². The van der Waals surface area contributed by atoms with E-state index in [9.17, 15) is 30.4 Å². The lowest BCUT2D eigenvalue weighted by Crippen LogP contribution is -2.31. The first kappa shape index (κ1) is 14.6. The summed E-state index contributed by atoms with van der Waals surface area (Å²) in [6, 6.07) is 0. The van der Waals surface area contributed by atoms with Crippen molar-refractivity contribution in [1.29, 1.82) is 0 Å². The summed E-state index contributed by atoms with van der Waals surface area (Å²) in [6.07, 6.45) is -0.733. The van der Waals surface area contributed by atoms with Gasteiger partial charge < -0.3 is 0 Å². The van der Waals surface area contributed by atoms with Crippen LogP contribution in [0.4, 0.5) is 22.0 Å². The van der Waals surface area contributed by atoms with Crippen LogP contribution in [0.1, 0.15) is 19.8 Å². The zero-order valence-corrected chi connectivity index (χ0v) is 8.46. The zero-order valence-electron chi connectivity index (χ0n) is 7.64. The third kappa shape index (κ3) is 4.74. The minimum absolute atomic E-state index is 0.00241. The van der Waals surface area contributed by atoms with Crippen molar-refractivity contribution in [3.05, 3.63) is 0 Å². The normalized spacial score (nSPS) is 14.3. The van der Waals surface area contributed by atoms with E-state index in [-0.39, 0.29) is 6.42 Å². The quantitative estimate of drug-likeness (QED) is 0.430. The summed E-state index contributed by atoms with van der Waals surface area (Å²) in [5.74, 6) is -3.58. The molecule has 0 amide bonds. The number of hydrogen-bond donors (Lipinski definition) is 0. The van der Waals surface area contributed by atoms with Crippen LogP contribution in [0.3, 0.4) is 0 Å². The third-order valence-corrected chi connectivity index (χ3v) is 2.32. The van der Waals surface area contributed by atoms with E-state index in [1.54, 1.807) is 0 Å². The van der Waals surface area contributed by atoms with Crippen LogP contribution in [0.2, 0.25) is 0 Å². The van der Waals surface area contributed by atoms with Gasteiger partial charge in [0.25, 0.3) is 5.92 Å². The van der Waals surface area contributed by atoms with Gasteiger partial charge in [0.15, 0.2) is 0 Å². The summed E-state index contributed by atoms with van der Waals surface area (Å²) >= 11 is 0. The average Bonchev–Trinajstić information content (AvgIpc) is 1.99. The van der Waals surface area contributed by atoms with Gasteiger partial charge in [0.2, 0.25) is 0 Å². The van der Waals surface area contributed by atoms with Crippen LogP contribution in [0.15, 0.2) is 0 Å². The first-order chi connectivity index (χ1) is 6.52. The Morgan fingerprint density at radius 3 is 1.93 bits per heavy atom. The molecule has 0 aliphatic carbocycles. The molecule has 0 bridgehead atoms. The molecule has 0 spiro atoms. The number of halogens is 5. The van der Waals surface area contributed by atoms with Crippen LogP contribution in [-0.4, -0.2) is 26.5 Å². The molecule has 0 aromatic heterocycles. The smallest absolute Gasteiger partial charge is 0.257 e. The van der Waals surface area contributed by atoms with Crippen molar-refractivity contribution in [3.8, 4) is 0 Å². The maximum atomic E-state index is 12.6. The lowest BCUT2D eigenvalue weighted by Gasteiger charge is -2.15. The van der Waals surface area contributed by atoms with E-state index in [1.807, 2.05) is 0 Å². The van der Waals surface area contributed by atoms with Gasteiger partial charge in [0, 0.05) is 6.42 Å². The second-order valence-corrected chi connectivity index (χ2v) is 4.37. The van der Waals surface area contributed by atoms with Gasteiger partial charge in [-0.25, -0.2) is 8.78 Å². The van der Waals surface area contributed by atoms with Crippen molar-refractivity contribution < 1.29 is 34.6 Å². The Balaban J connectivity index is 4.41. The summed E-state index contributed by atoms with van der Waals surface area (Å²) in [6.45, 7) is -0.408. The van der Waals surface area contributed by atoms with Gasteiger partial charge in [-0.3, -0.25) is 4.18 Å². The second-order valence-electron chi connectivity index (χ2n) is 2.77. The van der Waals surface area contributed by atoms with Crippen molar-refractivity contribution in [2.45, 2.75) is 31.2 Å². The summed E-state index contributed by atoms with van der Waals surface area (Å²) in [4.78, 5) is 0. The molecule has 0 radical (unpaired) electrons. The van der Waals surface area contributed by atoms with Crippen molar-refractivity contribution in [2.24, 2.45) is 0 Å². The first-order valence-corrected chi connectivity index (χ1v) is 5.26. The highest BCUT2D eigenvalue weighted by atomic mass is 32.2. The Morgan fingerprint density at radius 2 is 1.60 bits per heavy atom. The fourth-order valence-corrected chi connectivity index (χ4v) is 1.13. The van der Waals surface area contributed by atoms with Gasteiger partial charge in [-0.1, -0.05) is 13.3 Å². The molecule has 0 atom stereocenters. The number of hydrogen-bond acceptors (Lipinski definition) is 3. The Bertz CT molecular complexity index is 294. The van der Waals surface area contributed by atoms with Crippen molar-refractivity contribution in [2.75, 3.05) is 6.61 Å². The van der Waals surface area contributed by atoms with Crippen LogP contribution in [0.25, 0.3) is 0 Å². The summed E-state index contributed by atoms with van der Waals surface area (Å²) in [5.41, 5.74) is -5.67. The molecule has 0 unspecified atom stereocenters. The Hall–Kier alpha value is -0.440. The minimum atomic E-state index is -5.93. The van der Waals surface area contributed by atoms with E-state index in [0.717, 1.165) is 0 Å². The fraction of sp³-hybridized carbons (Fsp3) is 1.00. The van der Waals surface area contributed by atoms with E-state index < -0.39 is 34.6 Å². The van der Waals surface area contributed by atoms with E-state index in [0.29, 0.717) is 0 Å². The van der Waals surface area contributed by atoms with Gasteiger partial charge in [-0.15, -0.1) is 0 Å². The first-order valence-electron chi connectivity index (χ1n) is 3.85. The topological polar surface area (TPSA) is 43.4 Å². The number of rotatable bonds is 5. The van der Waals surface area contributed by atoms with Crippen LogP contribution in [0.5, 0.6) is 0 Å². The molecular weight excluding hydrogens is 247 g/mol. The number of alkyl halides is 5. The lowest BCUT2D eigenvalue weighted by molar-refractivity contribution is -0.0746. The summed E-state index contributed by atoms with van der Waals surface area (Å²) in [5, 5.41) is 0. The molecule has 92 valence electrons. The average molecular weight is 256 g/mol. The maximum Gasteiger partial charge on any atom is 0.523 e. The molecule has 0 saturated heterocycles. The molecule has 0 fully saturated rings. The second kappa shape index (κ2) is 4.60. The SMILES string of the molecule is CCCC(F)(F)COS(=O)(=O)C(F)(F)F. The Kier molecular flexibility index (Phi) is 4.47. The molecule has 0 aromatic rings.